The van der Waals surface area contributed by atoms with Gasteiger partial charge in [-0.3, -0.25) is 4.57 Å². The molecule has 250 valence electrons. The number of nitrogens with zero attached hydrogens (tertiary/aromatic N) is 3. The van der Waals surface area contributed by atoms with Gasteiger partial charge in [-0.2, -0.15) is 0 Å². The first-order valence-corrected chi connectivity index (χ1v) is 19.1. The summed E-state index contributed by atoms with van der Waals surface area (Å²) in [4.78, 5) is 12.1. The van der Waals surface area contributed by atoms with Crippen LogP contribution in [0.3, 0.4) is 0 Å². The van der Waals surface area contributed by atoms with E-state index in [4.69, 9.17) is 9.97 Å². The first kappa shape index (κ1) is 29.7. The Morgan fingerprint density at radius 2 is 0.963 bits per heavy atom. The van der Waals surface area contributed by atoms with E-state index in [9.17, 15) is 0 Å². The third-order valence-corrected chi connectivity index (χ3v) is 12.2. The second-order valence-electron chi connectivity index (χ2n) is 14.1. The van der Waals surface area contributed by atoms with Gasteiger partial charge in [0, 0.05) is 31.8 Å². The molecule has 0 atom stereocenters. The van der Waals surface area contributed by atoms with Gasteiger partial charge in [0.2, 0.25) is 0 Å². The molecule has 9 aromatic carbocycles. The number of hydrogen-bond donors (Lipinski definition) is 0. The van der Waals surface area contributed by atoms with Crippen molar-refractivity contribution in [1.29, 1.82) is 0 Å². The van der Waals surface area contributed by atoms with Gasteiger partial charge in [-0.25, -0.2) is 9.97 Å². The molecule has 0 amide bonds. The molecule has 0 bridgehead atoms. The molecule has 3 nitrogen and oxygen atoms in total. The molecular weight excluding hydrogens is 675 g/mol. The number of fused-ring (bicyclic) bond motifs is 14. The summed E-state index contributed by atoms with van der Waals surface area (Å²) in [5.41, 5.74) is 7.42. The van der Waals surface area contributed by atoms with Gasteiger partial charge >= 0.3 is 0 Å². The van der Waals surface area contributed by atoms with Crippen molar-refractivity contribution in [2.75, 3.05) is 0 Å². The van der Waals surface area contributed by atoms with Crippen LogP contribution in [0.25, 0.3) is 114 Å². The van der Waals surface area contributed by atoms with Gasteiger partial charge in [-0.05, 0) is 73.1 Å². The molecule has 4 heteroatoms. The molecule has 0 radical (unpaired) electrons. The maximum atomic E-state index is 5.65. The van der Waals surface area contributed by atoms with E-state index in [0.29, 0.717) is 0 Å². The lowest BCUT2D eigenvalue weighted by molar-refractivity contribution is 1.09. The SMILES string of the molecule is c1ccc(-c2ccc(-c3nc4sc5ccccc5c4nc3-n3c4cc5ccccc5cc4c4c5c6ccccc6c6ccccc6c5ccc43)cc2)cc1. The summed E-state index contributed by atoms with van der Waals surface area (Å²) in [5, 5.41) is 13.6. The van der Waals surface area contributed by atoms with E-state index in [1.165, 1.54) is 69.7 Å². The molecular formula is C50H29N3S. The largest absolute Gasteiger partial charge is 0.292 e. The minimum Gasteiger partial charge on any atom is -0.292 e. The van der Waals surface area contributed by atoms with Crippen molar-refractivity contribution in [3.8, 4) is 28.2 Å². The summed E-state index contributed by atoms with van der Waals surface area (Å²) in [6, 6.07) is 63.6. The summed E-state index contributed by atoms with van der Waals surface area (Å²) in [6.07, 6.45) is 0. The standard InChI is InChI=1S/C50H29N3S/c1-2-12-30(13-3-1)31-22-24-32(25-23-31)47-49(51-48-40-20-10-11-21-44(40)54-50(48)52-47)53-42-27-26-39-37-18-7-6-16-35(37)36-17-8-9-19-38(36)45(39)46(42)41-28-33-14-4-5-15-34(33)29-43(41)53/h1-29H. The van der Waals surface area contributed by atoms with Gasteiger partial charge in [-0.1, -0.05) is 152 Å². The molecule has 0 aliphatic heterocycles. The van der Waals surface area contributed by atoms with Gasteiger partial charge < -0.3 is 0 Å². The van der Waals surface area contributed by atoms with Crippen LogP contribution in [-0.2, 0) is 0 Å². The van der Waals surface area contributed by atoms with E-state index in [1.54, 1.807) is 11.3 Å². The van der Waals surface area contributed by atoms with Crippen molar-refractivity contribution in [3.05, 3.63) is 176 Å². The molecule has 54 heavy (non-hydrogen) atoms. The molecule has 3 heterocycles. The van der Waals surface area contributed by atoms with Gasteiger partial charge in [0.15, 0.2) is 5.82 Å². The zero-order valence-electron chi connectivity index (χ0n) is 29.0. The molecule has 3 aromatic heterocycles. The molecule has 12 rings (SSSR count). The molecule has 0 unspecified atom stereocenters. The number of rotatable bonds is 3. The summed E-state index contributed by atoms with van der Waals surface area (Å²) in [5.74, 6) is 0.832. The predicted octanol–water partition coefficient (Wildman–Crippen LogP) is 13.9. The van der Waals surface area contributed by atoms with Crippen molar-refractivity contribution in [3.63, 3.8) is 0 Å². The average molecular weight is 704 g/mol. The molecule has 0 spiro atoms. The lowest BCUT2D eigenvalue weighted by Crippen LogP contribution is -2.03. The lowest BCUT2D eigenvalue weighted by atomic mass is 9.91. The summed E-state index contributed by atoms with van der Waals surface area (Å²) >= 11 is 1.71. The van der Waals surface area contributed by atoms with Crippen LogP contribution in [0.4, 0.5) is 0 Å². The maximum Gasteiger partial charge on any atom is 0.165 e. The highest BCUT2D eigenvalue weighted by Gasteiger charge is 2.24. The van der Waals surface area contributed by atoms with E-state index < -0.39 is 0 Å². The fraction of sp³-hybridized carbons (Fsp3) is 0. The van der Waals surface area contributed by atoms with Crippen molar-refractivity contribution < 1.29 is 0 Å². The van der Waals surface area contributed by atoms with E-state index in [0.717, 1.165) is 43.8 Å². The first-order chi connectivity index (χ1) is 26.8. The molecule has 0 fully saturated rings. The van der Waals surface area contributed by atoms with Crippen molar-refractivity contribution >= 4 is 96.7 Å². The Kier molecular flexibility index (Phi) is 6.21. The topological polar surface area (TPSA) is 30.7 Å². The summed E-state index contributed by atoms with van der Waals surface area (Å²) in [6.45, 7) is 0. The normalized spacial score (nSPS) is 12.1. The number of hydrogen-bond acceptors (Lipinski definition) is 3. The Labute approximate surface area is 314 Å². The zero-order chi connectivity index (χ0) is 35.3. The van der Waals surface area contributed by atoms with Crippen LogP contribution < -0.4 is 0 Å². The van der Waals surface area contributed by atoms with Crippen LogP contribution in [0.15, 0.2) is 176 Å². The molecule has 0 aliphatic carbocycles. The van der Waals surface area contributed by atoms with Crippen molar-refractivity contribution in [2.24, 2.45) is 0 Å². The highest BCUT2D eigenvalue weighted by atomic mass is 32.1. The van der Waals surface area contributed by atoms with E-state index in [-0.39, 0.29) is 0 Å². The van der Waals surface area contributed by atoms with Crippen LogP contribution in [0.2, 0.25) is 0 Å². The van der Waals surface area contributed by atoms with Crippen LogP contribution in [-0.4, -0.2) is 14.5 Å². The van der Waals surface area contributed by atoms with Crippen LogP contribution in [0, 0.1) is 0 Å². The quantitative estimate of drug-likeness (QED) is 0.172. The Hall–Kier alpha value is -6.88. The van der Waals surface area contributed by atoms with Gasteiger partial charge in [-0.15, -0.1) is 11.3 Å². The highest BCUT2D eigenvalue weighted by molar-refractivity contribution is 7.25. The first-order valence-electron chi connectivity index (χ1n) is 18.3. The molecule has 0 saturated carbocycles. The molecule has 0 saturated heterocycles. The van der Waals surface area contributed by atoms with Gasteiger partial charge in [0.25, 0.3) is 0 Å². The maximum absolute atomic E-state index is 5.65. The van der Waals surface area contributed by atoms with Crippen LogP contribution in [0.1, 0.15) is 0 Å². The van der Waals surface area contributed by atoms with E-state index in [1.807, 2.05) is 0 Å². The van der Waals surface area contributed by atoms with Crippen molar-refractivity contribution in [1.82, 2.24) is 14.5 Å². The summed E-state index contributed by atoms with van der Waals surface area (Å²) in [7, 11) is 0. The van der Waals surface area contributed by atoms with Gasteiger partial charge in [0.1, 0.15) is 16.0 Å². The Morgan fingerprint density at radius 3 is 1.72 bits per heavy atom. The lowest BCUT2D eigenvalue weighted by Gasteiger charge is -2.14. The third-order valence-electron chi connectivity index (χ3n) is 11.2. The minimum absolute atomic E-state index is 0.832. The smallest absolute Gasteiger partial charge is 0.165 e. The number of thiophene rings is 1. The Balaban J connectivity index is 1.26. The summed E-state index contributed by atoms with van der Waals surface area (Å²) < 4.78 is 3.58. The predicted molar refractivity (Wildman–Crippen MR) is 230 cm³/mol. The Morgan fingerprint density at radius 1 is 0.389 bits per heavy atom. The fourth-order valence-corrected chi connectivity index (χ4v) is 9.75. The van der Waals surface area contributed by atoms with E-state index >= 15 is 0 Å². The average Bonchev–Trinajstić information content (AvgIpc) is 3.77. The second kappa shape index (κ2) is 11.3. The zero-order valence-corrected chi connectivity index (χ0v) is 29.8. The number of aromatic nitrogens is 3. The minimum atomic E-state index is 0.832. The van der Waals surface area contributed by atoms with Crippen LogP contribution >= 0.6 is 11.3 Å². The highest BCUT2D eigenvalue weighted by Crippen LogP contribution is 2.45. The monoisotopic (exact) mass is 703 g/mol. The number of benzene rings is 9. The third kappa shape index (κ3) is 4.23. The molecule has 0 aliphatic rings. The molecule has 0 N–H and O–H groups in total. The fourth-order valence-electron chi connectivity index (χ4n) is 8.73. The van der Waals surface area contributed by atoms with Crippen LogP contribution in [0.5, 0.6) is 0 Å². The van der Waals surface area contributed by atoms with E-state index in [2.05, 4.69) is 180 Å². The van der Waals surface area contributed by atoms with Crippen molar-refractivity contribution in [2.45, 2.75) is 0 Å². The van der Waals surface area contributed by atoms with Gasteiger partial charge in [0.05, 0.1) is 11.0 Å². The second-order valence-corrected chi connectivity index (χ2v) is 15.1. The Bertz CT molecular complexity index is 3450. The molecule has 12 aromatic rings.